The van der Waals surface area contributed by atoms with E-state index in [0.717, 1.165) is 0 Å². The summed E-state index contributed by atoms with van der Waals surface area (Å²) in [6.07, 6.45) is -11.2. The van der Waals surface area contributed by atoms with Gasteiger partial charge in [0.25, 0.3) is 0 Å². The van der Waals surface area contributed by atoms with Crippen molar-refractivity contribution >= 4 is 5.91 Å². The van der Waals surface area contributed by atoms with Gasteiger partial charge in [0.2, 0.25) is 11.8 Å². The summed E-state index contributed by atoms with van der Waals surface area (Å²) in [4.78, 5) is 12.0. The Labute approximate surface area is 99.1 Å². The molecule has 1 aliphatic rings. The monoisotopic (exact) mass is 278 g/mol. The maximum atomic E-state index is 12.3. The Morgan fingerprint density at radius 2 is 1.72 bits per heavy atom. The summed E-state index contributed by atoms with van der Waals surface area (Å²) in [5, 5.41) is 2.83. The highest BCUT2D eigenvalue weighted by Gasteiger charge is 2.62. The van der Waals surface area contributed by atoms with Gasteiger partial charge < -0.3 is 10.2 Å². The third kappa shape index (κ3) is 3.50. The number of carbonyl (C=O) groups excluding carboxylic acids is 1. The number of nitrogens with zero attached hydrogens (tertiary/aromatic N) is 1. The Balaban J connectivity index is 2.90. The lowest BCUT2D eigenvalue weighted by molar-refractivity contribution is -0.277. The van der Waals surface area contributed by atoms with Crippen LogP contribution in [-0.4, -0.2) is 48.8 Å². The summed E-state index contributed by atoms with van der Waals surface area (Å²) in [6.45, 7) is 1.43. The smallest absolute Gasteiger partial charge is 0.339 e. The lowest BCUT2D eigenvalue weighted by Gasteiger charge is -2.35. The van der Waals surface area contributed by atoms with Gasteiger partial charge in [-0.3, -0.25) is 4.79 Å². The van der Waals surface area contributed by atoms with Gasteiger partial charge in [-0.2, -0.15) is 26.3 Å². The third-order valence-electron chi connectivity index (χ3n) is 2.58. The second-order valence-electron chi connectivity index (χ2n) is 4.16. The van der Waals surface area contributed by atoms with Crippen molar-refractivity contribution in [2.24, 2.45) is 5.92 Å². The Kier molecular flexibility index (Phi) is 4.14. The molecule has 9 heteroatoms. The van der Waals surface area contributed by atoms with Gasteiger partial charge in [0.1, 0.15) is 0 Å². The largest absolute Gasteiger partial charge is 0.409 e. The molecule has 1 heterocycles. The molecule has 18 heavy (non-hydrogen) atoms. The Bertz CT molecular complexity index is 299. The predicted octanol–water partition coefficient (Wildman–Crippen LogP) is 1.55. The zero-order valence-electron chi connectivity index (χ0n) is 9.40. The first-order chi connectivity index (χ1) is 8.03. The van der Waals surface area contributed by atoms with Gasteiger partial charge in [0.15, 0.2) is 0 Å². The Hall–Kier alpha value is -0.990. The zero-order chi connectivity index (χ0) is 14.1. The SMILES string of the molecule is C[C@@H]1CN(C(=O)C(C(F)(F)F)C(F)(F)F)CCN1. The van der Waals surface area contributed by atoms with E-state index in [4.69, 9.17) is 0 Å². The first-order valence-electron chi connectivity index (χ1n) is 5.19. The second-order valence-corrected chi connectivity index (χ2v) is 4.16. The van der Waals surface area contributed by atoms with Crippen LogP contribution in [0, 0.1) is 5.92 Å². The van der Waals surface area contributed by atoms with E-state index in [1.54, 1.807) is 6.92 Å². The fourth-order valence-corrected chi connectivity index (χ4v) is 1.78. The summed E-state index contributed by atoms with van der Waals surface area (Å²) in [5.74, 6) is -5.86. The van der Waals surface area contributed by atoms with Gasteiger partial charge in [0, 0.05) is 25.7 Å². The molecule has 1 N–H and O–H groups in total. The number of halogens is 6. The molecule has 0 aromatic carbocycles. The molecule has 0 aliphatic carbocycles. The molecule has 1 atom stereocenters. The number of amides is 1. The quantitative estimate of drug-likeness (QED) is 0.738. The standard InChI is InChI=1S/C9H12F6N2O/c1-5-4-17(3-2-16-5)7(18)6(8(10,11)12)9(13,14)15/h5-6,16H,2-4H2,1H3/t5-/m1/s1. The van der Waals surface area contributed by atoms with E-state index >= 15 is 0 Å². The van der Waals surface area contributed by atoms with E-state index in [2.05, 4.69) is 5.32 Å². The molecule has 0 radical (unpaired) electrons. The maximum Gasteiger partial charge on any atom is 0.409 e. The molecule has 1 amide bonds. The van der Waals surface area contributed by atoms with E-state index in [1.165, 1.54) is 0 Å². The van der Waals surface area contributed by atoms with Gasteiger partial charge in [-0.1, -0.05) is 0 Å². The van der Waals surface area contributed by atoms with Crippen LogP contribution in [-0.2, 0) is 4.79 Å². The number of hydrogen-bond acceptors (Lipinski definition) is 2. The Morgan fingerprint density at radius 3 is 2.11 bits per heavy atom. The molecule has 106 valence electrons. The second kappa shape index (κ2) is 4.94. The molecule has 1 saturated heterocycles. The van der Waals surface area contributed by atoms with E-state index in [9.17, 15) is 31.1 Å². The summed E-state index contributed by atoms with van der Waals surface area (Å²) in [5.41, 5.74) is 0. The fraction of sp³-hybridized carbons (Fsp3) is 0.889. The first-order valence-corrected chi connectivity index (χ1v) is 5.19. The molecule has 0 bridgehead atoms. The topological polar surface area (TPSA) is 32.3 Å². The van der Waals surface area contributed by atoms with E-state index < -0.39 is 24.2 Å². The van der Waals surface area contributed by atoms with Crippen LogP contribution in [0.3, 0.4) is 0 Å². The number of carbonyl (C=O) groups is 1. The highest BCUT2D eigenvalue weighted by Crippen LogP contribution is 2.40. The minimum absolute atomic E-state index is 0.161. The zero-order valence-corrected chi connectivity index (χ0v) is 9.40. The highest BCUT2D eigenvalue weighted by molar-refractivity contribution is 5.80. The van der Waals surface area contributed by atoms with Gasteiger partial charge in [0.05, 0.1) is 0 Å². The van der Waals surface area contributed by atoms with Gasteiger partial charge in [-0.15, -0.1) is 0 Å². The van der Waals surface area contributed by atoms with E-state index in [0.29, 0.717) is 4.90 Å². The maximum absolute atomic E-state index is 12.3. The molecule has 0 aromatic rings. The van der Waals surface area contributed by atoms with Crippen LogP contribution in [0.2, 0.25) is 0 Å². The lowest BCUT2D eigenvalue weighted by atomic mass is 10.1. The molecule has 3 nitrogen and oxygen atoms in total. The molecule has 0 aromatic heterocycles. The summed E-state index contributed by atoms with van der Waals surface area (Å²) in [6, 6.07) is -0.329. The van der Waals surface area contributed by atoms with Crippen LogP contribution in [0.4, 0.5) is 26.3 Å². The van der Waals surface area contributed by atoms with Crippen LogP contribution in [0.15, 0.2) is 0 Å². The normalized spacial score (nSPS) is 22.4. The summed E-state index contributed by atoms with van der Waals surface area (Å²) < 4.78 is 74.0. The summed E-state index contributed by atoms with van der Waals surface area (Å²) >= 11 is 0. The number of nitrogens with one attached hydrogen (secondary N) is 1. The molecule has 0 saturated carbocycles. The minimum atomic E-state index is -5.62. The Morgan fingerprint density at radius 1 is 1.22 bits per heavy atom. The van der Waals surface area contributed by atoms with Gasteiger partial charge >= 0.3 is 12.4 Å². The van der Waals surface area contributed by atoms with Gasteiger partial charge in [-0.25, -0.2) is 0 Å². The predicted molar refractivity (Wildman–Crippen MR) is 49.6 cm³/mol. The van der Waals surface area contributed by atoms with Crippen molar-refractivity contribution in [1.82, 2.24) is 10.2 Å². The third-order valence-corrected chi connectivity index (χ3v) is 2.58. The lowest BCUT2D eigenvalue weighted by Crippen LogP contribution is -2.57. The van der Waals surface area contributed by atoms with Gasteiger partial charge in [-0.05, 0) is 6.92 Å². The van der Waals surface area contributed by atoms with Crippen molar-refractivity contribution < 1.29 is 31.1 Å². The molecule has 1 rings (SSSR count). The van der Waals surface area contributed by atoms with Crippen molar-refractivity contribution in [2.75, 3.05) is 19.6 Å². The number of piperazine rings is 1. The molecule has 1 aliphatic heterocycles. The van der Waals surface area contributed by atoms with Crippen LogP contribution < -0.4 is 5.32 Å². The average Bonchev–Trinajstić information content (AvgIpc) is 2.12. The first kappa shape index (κ1) is 15.1. The number of rotatable bonds is 1. The molecule has 0 unspecified atom stereocenters. The van der Waals surface area contributed by atoms with Crippen molar-refractivity contribution in [3.63, 3.8) is 0 Å². The van der Waals surface area contributed by atoms with Crippen LogP contribution >= 0.6 is 0 Å². The van der Waals surface area contributed by atoms with Crippen molar-refractivity contribution in [3.05, 3.63) is 0 Å². The fourth-order valence-electron chi connectivity index (χ4n) is 1.78. The van der Waals surface area contributed by atoms with Crippen molar-refractivity contribution in [1.29, 1.82) is 0 Å². The number of hydrogen-bond donors (Lipinski definition) is 1. The molecular formula is C9H12F6N2O. The molecule has 1 fully saturated rings. The van der Waals surface area contributed by atoms with Crippen molar-refractivity contribution in [2.45, 2.75) is 25.3 Å². The summed E-state index contributed by atoms with van der Waals surface area (Å²) in [7, 11) is 0. The van der Waals surface area contributed by atoms with E-state index in [1.807, 2.05) is 0 Å². The minimum Gasteiger partial charge on any atom is -0.339 e. The van der Waals surface area contributed by atoms with Crippen LogP contribution in [0.1, 0.15) is 6.92 Å². The highest BCUT2D eigenvalue weighted by atomic mass is 19.4. The van der Waals surface area contributed by atoms with Crippen LogP contribution in [0.25, 0.3) is 0 Å². The number of alkyl halides is 6. The molecule has 0 spiro atoms. The molecular weight excluding hydrogens is 266 g/mol. The van der Waals surface area contributed by atoms with Crippen molar-refractivity contribution in [3.8, 4) is 0 Å². The van der Waals surface area contributed by atoms with E-state index in [-0.39, 0.29) is 25.7 Å². The average molecular weight is 278 g/mol. The van der Waals surface area contributed by atoms with Crippen LogP contribution in [0.5, 0.6) is 0 Å².